The first-order valence-corrected chi connectivity index (χ1v) is 8.49. The normalized spacial score (nSPS) is 19.3. The Hall–Kier alpha value is -1.87. The van der Waals surface area contributed by atoms with Crippen LogP contribution in [0.15, 0.2) is 0 Å². The molecule has 0 unspecified atom stereocenters. The summed E-state index contributed by atoms with van der Waals surface area (Å²) in [5.74, 6) is -0.933. The van der Waals surface area contributed by atoms with Crippen molar-refractivity contribution in [2.24, 2.45) is 5.73 Å². The number of nitrogens with two attached hydrogens (primary N) is 1. The van der Waals surface area contributed by atoms with Gasteiger partial charge in [-0.2, -0.15) is 0 Å². The Kier molecular flexibility index (Phi) is 6.80. The molecule has 0 saturated carbocycles. The third-order valence-electron chi connectivity index (χ3n) is 4.38. The number of rotatable bonds is 3. The molecule has 0 atom stereocenters. The Morgan fingerprint density at radius 2 is 1.29 bits per heavy atom. The number of amides is 3. The highest BCUT2D eigenvalue weighted by molar-refractivity contribution is 6.34. The number of piperazine rings is 2. The monoisotopic (exact) mass is 341 g/mol. The van der Waals surface area contributed by atoms with Gasteiger partial charge in [0.2, 0.25) is 0 Å². The number of hydrogen-bond acceptors (Lipinski definition) is 6. The first kappa shape index (κ1) is 18.5. The molecule has 2 saturated heterocycles. The fourth-order valence-corrected chi connectivity index (χ4v) is 2.93. The summed E-state index contributed by atoms with van der Waals surface area (Å²) in [6.45, 7) is 7.57. The number of carbonyl (C=O) groups is 3. The lowest BCUT2D eigenvalue weighted by Gasteiger charge is -2.37. The van der Waals surface area contributed by atoms with E-state index in [-0.39, 0.29) is 6.09 Å². The minimum absolute atomic E-state index is 0.326. The molecule has 0 aromatic heterocycles. The van der Waals surface area contributed by atoms with Crippen LogP contribution in [0.5, 0.6) is 0 Å². The van der Waals surface area contributed by atoms with Gasteiger partial charge in [-0.25, -0.2) is 4.79 Å². The zero-order valence-corrected chi connectivity index (χ0v) is 14.3. The number of ether oxygens (including phenoxy) is 1. The van der Waals surface area contributed by atoms with Crippen LogP contribution in [-0.2, 0) is 14.3 Å². The molecule has 2 heterocycles. The maximum Gasteiger partial charge on any atom is 0.409 e. The molecule has 0 aliphatic carbocycles. The van der Waals surface area contributed by atoms with Gasteiger partial charge in [-0.3, -0.25) is 14.5 Å². The Bertz CT molecular complexity index is 457. The standard InChI is InChI=1S/C15H27N5O4/c1-2-24-15(23)20-11-9-19(10-12-20)14(22)13(21)18-7-5-17(4-3-16)6-8-18/h2-12,16H2,1H3. The highest BCUT2D eigenvalue weighted by Crippen LogP contribution is 2.08. The molecule has 24 heavy (non-hydrogen) atoms. The Labute approximate surface area is 142 Å². The van der Waals surface area contributed by atoms with Crippen molar-refractivity contribution in [3.8, 4) is 0 Å². The number of carbonyl (C=O) groups excluding carboxylic acids is 3. The van der Waals surface area contributed by atoms with Crippen molar-refractivity contribution in [3.63, 3.8) is 0 Å². The fraction of sp³-hybridized carbons (Fsp3) is 0.800. The summed E-state index contributed by atoms with van der Waals surface area (Å²) >= 11 is 0. The van der Waals surface area contributed by atoms with Crippen LogP contribution in [0, 0.1) is 0 Å². The van der Waals surface area contributed by atoms with Crippen LogP contribution in [-0.4, -0.2) is 110 Å². The second-order valence-electron chi connectivity index (χ2n) is 5.90. The van der Waals surface area contributed by atoms with Crippen LogP contribution in [0.25, 0.3) is 0 Å². The minimum atomic E-state index is -0.481. The molecule has 2 aliphatic rings. The largest absolute Gasteiger partial charge is 0.450 e. The topological polar surface area (TPSA) is 99.4 Å². The smallest absolute Gasteiger partial charge is 0.409 e. The molecule has 9 heteroatoms. The van der Waals surface area contributed by atoms with Gasteiger partial charge in [0.1, 0.15) is 0 Å². The molecular formula is C15H27N5O4. The maximum atomic E-state index is 12.4. The molecule has 3 amide bonds. The van der Waals surface area contributed by atoms with Crippen LogP contribution in [0.3, 0.4) is 0 Å². The summed E-state index contributed by atoms with van der Waals surface area (Å²) in [6, 6.07) is 0. The van der Waals surface area contributed by atoms with E-state index in [2.05, 4.69) is 4.90 Å². The van der Waals surface area contributed by atoms with Crippen LogP contribution in [0.4, 0.5) is 4.79 Å². The Balaban J connectivity index is 1.78. The lowest BCUT2D eigenvalue weighted by atomic mass is 10.2. The molecular weight excluding hydrogens is 314 g/mol. The second-order valence-corrected chi connectivity index (χ2v) is 5.90. The predicted molar refractivity (Wildman–Crippen MR) is 87.2 cm³/mol. The third-order valence-corrected chi connectivity index (χ3v) is 4.38. The van der Waals surface area contributed by atoms with E-state index in [9.17, 15) is 14.4 Å². The van der Waals surface area contributed by atoms with Crippen molar-refractivity contribution >= 4 is 17.9 Å². The average molecular weight is 341 g/mol. The highest BCUT2D eigenvalue weighted by atomic mass is 16.6. The molecule has 0 bridgehead atoms. The van der Waals surface area contributed by atoms with Crippen LogP contribution in [0.2, 0.25) is 0 Å². The molecule has 9 nitrogen and oxygen atoms in total. The molecule has 2 aliphatic heterocycles. The molecule has 136 valence electrons. The molecule has 0 radical (unpaired) electrons. The molecule has 0 spiro atoms. The van der Waals surface area contributed by atoms with Crippen molar-refractivity contribution in [2.75, 3.05) is 72.1 Å². The lowest BCUT2D eigenvalue weighted by Crippen LogP contribution is -2.57. The Morgan fingerprint density at radius 3 is 1.75 bits per heavy atom. The molecule has 2 rings (SSSR count). The van der Waals surface area contributed by atoms with E-state index in [4.69, 9.17) is 10.5 Å². The highest BCUT2D eigenvalue weighted by Gasteiger charge is 2.32. The quantitative estimate of drug-likeness (QED) is 0.620. The van der Waals surface area contributed by atoms with Gasteiger partial charge < -0.3 is 25.2 Å². The average Bonchev–Trinajstić information content (AvgIpc) is 2.62. The molecule has 0 aromatic carbocycles. The van der Waals surface area contributed by atoms with Gasteiger partial charge in [0.25, 0.3) is 0 Å². The van der Waals surface area contributed by atoms with E-state index >= 15 is 0 Å². The van der Waals surface area contributed by atoms with E-state index in [1.165, 1.54) is 4.90 Å². The molecule has 2 N–H and O–H groups in total. The van der Waals surface area contributed by atoms with E-state index < -0.39 is 11.8 Å². The van der Waals surface area contributed by atoms with E-state index in [1.807, 2.05) is 0 Å². The van der Waals surface area contributed by atoms with Gasteiger partial charge in [0.05, 0.1) is 6.61 Å². The van der Waals surface area contributed by atoms with Gasteiger partial charge in [-0.1, -0.05) is 0 Å². The summed E-state index contributed by atoms with van der Waals surface area (Å²) < 4.78 is 4.94. The first-order chi connectivity index (χ1) is 11.6. The van der Waals surface area contributed by atoms with Crippen molar-refractivity contribution < 1.29 is 19.1 Å². The van der Waals surface area contributed by atoms with Gasteiger partial charge >= 0.3 is 17.9 Å². The van der Waals surface area contributed by atoms with E-state index in [1.54, 1.807) is 16.7 Å². The number of hydrogen-bond donors (Lipinski definition) is 1. The van der Waals surface area contributed by atoms with Crippen molar-refractivity contribution in [2.45, 2.75) is 6.92 Å². The predicted octanol–water partition coefficient (Wildman–Crippen LogP) is -1.61. The molecule has 0 aromatic rings. The summed E-state index contributed by atoms with van der Waals surface area (Å²) in [5, 5.41) is 0. The number of nitrogens with zero attached hydrogens (tertiary/aromatic N) is 4. The van der Waals surface area contributed by atoms with Gasteiger partial charge in [0.15, 0.2) is 0 Å². The van der Waals surface area contributed by atoms with Crippen molar-refractivity contribution in [3.05, 3.63) is 0 Å². The fourth-order valence-electron chi connectivity index (χ4n) is 2.93. The molecule has 2 fully saturated rings. The zero-order valence-electron chi connectivity index (χ0n) is 14.3. The van der Waals surface area contributed by atoms with Gasteiger partial charge in [-0.15, -0.1) is 0 Å². The lowest BCUT2D eigenvalue weighted by molar-refractivity contribution is -0.153. The second kappa shape index (κ2) is 8.84. The van der Waals surface area contributed by atoms with Crippen molar-refractivity contribution in [1.82, 2.24) is 19.6 Å². The first-order valence-electron chi connectivity index (χ1n) is 8.49. The SMILES string of the molecule is CCOC(=O)N1CCN(C(=O)C(=O)N2CCN(CCN)CC2)CC1. The summed E-state index contributed by atoms with van der Waals surface area (Å²) in [4.78, 5) is 43.3. The van der Waals surface area contributed by atoms with Gasteiger partial charge in [-0.05, 0) is 6.92 Å². The van der Waals surface area contributed by atoms with Crippen LogP contribution in [0.1, 0.15) is 6.92 Å². The third kappa shape index (κ3) is 4.57. The van der Waals surface area contributed by atoms with Crippen LogP contribution >= 0.6 is 0 Å². The summed E-state index contributed by atoms with van der Waals surface area (Å²) in [7, 11) is 0. The van der Waals surface area contributed by atoms with Gasteiger partial charge in [0, 0.05) is 65.4 Å². The maximum absolute atomic E-state index is 12.4. The van der Waals surface area contributed by atoms with Crippen molar-refractivity contribution in [1.29, 1.82) is 0 Å². The summed E-state index contributed by atoms with van der Waals surface area (Å²) in [5.41, 5.74) is 5.53. The minimum Gasteiger partial charge on any atom is -0.450 e. The summed E-state index contributed by atoms with van der Waals surface area (Å²) in [6.07, 6.45) is -0.369. The van der Waals surface area contributed by atoms with E-state index in [0.717, 1.165) is 19.6 Å². The Morgan fingerprint density at radius 1 is 0.833 bits per heavy atom. The van der Waals surface area contributed by atoms with Crippen LogP contribution < -0.4 is 5.73 Å². The zero-order chi connectivity index (χ0) is 17.5. The van der Waals surface area contributed by atoms with E-state index in [0.29, 0.717) is 52.4 Å².